The normalized spacial score (nSPS) is 16.1. The summed E-state index contributed by atoms with van der Waals surface area (Å²) < 4.78 is 5.14. The lowest BCUT2D eigenvalue weighted by molar-refractivity contribution is -0.118. The van der Waals surface area contributed by atoms with Crippen LogP contribution in [0.2, 0.25) is 0 Å². The summed E-state index contributed by atoms with van der Waals surface area (Å²) in [6.07, 6.45) is 1.03. The Morgan fingerprint density at radius 2 is 1.92 bits per heavy atom. The largest absolute Gasteiger partial charge is 0.497 e. The number of carbonyl (C=O) groups excluding carboxylic acids is 1. The van der Waals surface area contributed by atoms with Crippen LogP contribution in [0, 0.1) is 0 Å². The Balaban J connectivity index is 1.50. The second-order valence-electron chi connectivity index (χ2n) is 6.19. The van der Waals surface area contributed by atoms with E-state index < -0.39 is 0 Å². The zero-order valence-electron chi connectivity index (χ0n) is 14.8. The molecule has 0 radical (unpaired) electrons. The molecule has 1 heterocycles. The van der Waals surface area contributed by atoms with Crippen molar-refractivity contribution in [3.8, 4) is 5.75 Å². The van der Waals surface area contributed by atoms with Crippen LogP contribution in [0.5, 0.6) is 5.75 Å². The van der Waals surface area contributed by atoms with E-state index in [0.717, 1.165) is 57.2 Å². The van der Waals surface area contributed by atoms with Gasteiger partial charge in [-0.2, -0.15) is 0 Å². The van der Waals surface area contributed by atoms with Gasteiger partial charge in [0.2, 0.25) is 5.91 Å². The quantitative estimate of drug-likeness (QED) is 0.686. The lowest BCUT2D eigenvalue weighted by atomic mass is 10.2. The number of amides is 1. The maximum absolute atomic E-state index is 11.9. The van der Waals surface area contributed by atoms with Gasteiger partial charge >= 0.3 is 0 Å². The molecule has 0 unspecified atom stereocenters. The zero-order chi connectivity index (χ0) is 17.2. The molecule has 1 N–H and O–H groups in total. The van der Waals surface area contributed by atoms with E-state index in [1.165, 1.54) is 5.56 Å². The van der Waals surface area contributed by atoms with Gasteiger partial charge in [-0.3, -0.25) is 4.79 Å². The predicted octanol–water partition coefficient (Wildman–Crippen LogP) is 1.68. The fraction of sp³-hybridized carbons (Fsp3) is 0.611. The first-order chi connectivity index (χ1) is 11.7. The molecule has 0 atom stereocenters. The van der Waals surface area contributed by atoms with E-state index in [0.29, 0.717) is 5.75 Å². The smallest absolute Gasteiger partial charge is 0.230 e. The summed E-state index contributed by atoms with van der Waals surface area (Å²) in [6, 6.07) is 7.99. The molecule has 1 aromatic rings. The van der Waals surface area contributed by atoms with E-state index in [1.807, 2.05) is 24.3 Å². The second-order valence-corrected chi connectivity index (χ2v) is 7.17. The monoisotopic (exact) mass is 351 g/mol. The van der Waals surface area contributed by atoms with Gasteiger partial charge in [-0.1, -0.05) is 12.1 Å². The number of nitrogens with zero attached hydrogens (tertiary/aromatic N) is 2. The van der Waals surface area contributed by atoms with Crippen LogP contribution in [0.15, 0.2) is 24.3 Å². The first-order valence-electron chi connectivity index (χ1n) is 8.55. The lowest BCUT2D eigenvalue weighted by Gasteiger charge is -2.32. The molecular formula is C18H29N3O2S. The maximum atomic E-state index is 11.9. The Morgan fingerprint density at radius 1 is 1.21 bits per heavy atom. The Labute approximate surface area is 149 Å². The molecule has 1 fully saturated rings. The van der Waals surface area contributed by atoms with Crippen molar-refractivity contribution < 1.29 is 9.53 Å². The van der Waals surface area contributed by atoms with E-state index in [9.17, 15) is 4.79 Å². The molecule has 0 saturated carbocycles. The third-order valence-corrected chi connectivity index (χ3v) is 5.23. The SMILES string of the molecule is COc1ccc(CSCC(=O)NCCCN2CCN(C)CC2)cc1. The minimum Gasteiger partial charge on any atom is -0.497 e. The molecule has 1 aromatic carbocycles. The van der Waals surface area contributed by atoms with Gasteiger partial charge in [0.05, 0.1) is 12.9 Å². The fourth-order valence-corrected chi connectivity index (χ4v) is 3.45. The topological polar surface area (TPSA) is 44.8 Å². The zero-order valence-corrected chi connectivity index (χ0v) is 15.6. The highest BCUT2D eigenvalue weighted by Crippen LogP contribution is 2.16. The van der Waals surface area contributed by atoms with Crippen molar-refractivity contribution >= 4 is 17.7 Å². The first-order valence-corrected chi connectivity index (χ1v) is 9.71. The van der Waals surface area contributed by atoms with Crippen LogP contribution in [0.1, 0.15) is 12.0 Å². The van der Waals surface area contributed by atoms with E-state index >= 15 is 0 Å². The van der Waals surface area contributed by atoms with E-state index in [2.05, 4.69) is 22.2 Å². The summed E-state index contributed by atoms with van der Waals surface area (Å²) in [5, 5.41) is 3.02. The van der Waals surface area contributed by atoms with Crippen LogP contribution < -0.4 is 10.1 Å². The highest BCUT2D eigenvalue weighted by atomic mass is 32.2. The van der Waals surface area contributed by atoms with Gasteiger partial charge in [-0.05, 0) is 37.7 Å². The molecule has 1 saturated heterocycles. The predicted molar refractivity (Wildman–Crippen MR) is 101 cm³/mol. The number of carbonyl (C=O) groups is 1. The number of nitrogens with one attached hydrogen (secondary N) is 1. The van der Waals surface area contributed by atoms with Gasteiger partial charge in [0.15, 0.2) is 0 Å². The fourth-order valence-electron chi connectivity index (χ4n) is 2.64. The second kappa shape index (κ2) is 10.6. The van der Waals surface area contributed by atoms with Crippen LogP contribution in [-0.4, -0.2) is 74.9 Å². The first kappa shape index (κ1) is 19.1. The molecule has 24 heavy (non-hydrogen) atoms. The molecule has 1 aliphatic rings. The summed E-state index contributed by atoms with van der Waals surface area (Å²) >= 11 is 1.65. The van der Waals surface area contributed by atoms with E-state index in [1.54, 1.807) is 18.9 Å². The number of rotatable bonds is 9. The number of likely N-dealkylation sites (N-methyl/N-ethyl adjacent to an activating group) is 1. The number of methoxy groups -OCH3 is 1. The van der Waals surface area contributed by atoms with Gasteiger partial charge in [0.25, 0.3) is 0 Å². The molecule has 1 amide bonds. The van der Waals surface area contributed by atoms with Crippen LogP contribution in [0.4, 0.5) is 0 Å². The molecular weight excluding hydrogens is 322 g/mol. The van der Waals surface area contributed by atoms with Crippen molar-refractivity contribution in [2.75, 3.05) is 59.2 Å². The van der Waals surface area contributed by atoms with Crippen LogP contribution in [0.25, 0.3) is 0 Å². The highest BCUT2D eigenvalue weighted by Gasteiger charge is 2.12. The van der Waals surface area contributed by atoms with Gasteiger partial charge < -0.3 is 19.9 Å². The Morgan fingerprint density at radius 3 is 2.58 bits per heavy atom. The molecule has 0 aliphatic carbocycles. The Bertz CT molecular complexity index is 488. The summed E-state index contributed by atoms with van der Waals surface area (Å²) in [5.41, 5.74) is 1.21. The van der Waals surface area contributed by atoms with Gasteiger partial charge in [0, 0.05) is 38.5 Å². The molecule has 0 aromatic heterocycles. The molecule has 2 rings (SSSR count). The third-order valence-electron chi connectivity index (χ3n) is 4.23. The molecule has 0 spiro atoms. The molecule has 0 bridgehead atoms. The maximum Gasteiger partial charge on any atom is 0.230 e. The van der Waals surface area contributed by atoms with Crippen LogP contribution in [-0.2, 0) is 10.5 Å². The van der Waals surface area contributed by atoms with E-state index in [4.69, 9.17) is 4.74 Å². The number of thioether (sulfide) groups is 1. The molecule has 6 heteroatoms. The average molecular weight is 352 g/mol. The van der Waals surface area contributed by atoms with Crippen molar-refractivity contribution in [3.05, 3.63) is 29.8 Å². The molecule has 1 aliphatic heterocycles. The summed E-state index contributed by atoms with van der Waals surface area (Å²) in [7, 11) is 3.83. The van der Waals surface area contributed by atoms with Crippen molar-refractivity contribution in [1.29, 1.82) is 0 Å². The van der Waals surface area contributed by atoms with Crippen molar-refractivity contribution in [3.63, 3.8) is 0 Å². The number of hydrogen-bond donors (Lipinski definition) is 1. The number of ether oxygens (including phenoxy) is 1. The van der Waals surface area contributed by atoms with Crippen molar-refractivity contribution in [2.45, 2.75) is 12.2 Å². The average Bonchev–Trinajstić information content (AvgIpc) is 2.61. The van der Waals surface area contributed by atoms with Crippen LogP contribution in [0.3, 0.4) is 0 Å². The van der Waals surface area contributed by atoms with E-state index in [-0.39, 0.29) is 5.91 Å². The summed E-state index contributed by atoms with van der Waals surface area (Å²) in [5.74, 6) is 2.35. The lowest BCUT2D eigenvalue weighted by Crippen LogP contribution is -2.45. The number of piperazine rings is 1. The van der Waals surface area contributed by atoms with Gasteiger partial charge in [-0.25, -0.2) is 0 Å². The molecule has 5 nitrogen and oxygen atoms in total. The number of hydrogen-bond acceptors (Lipinski definition) is 5. The van der Waals surface area contributed by atoms with Gasteiger partial charge in [-0.15, -0.1) is 11.8 Å². The number of benzene rings is 1. The van der Waals surface area contributed by atoms with Crippen LogP contribution >= 0.6 is 11.8 Å². The Hall–Kier alpha value is -1.24. The molecule has 134 valence electrons. The summed E-state index contributed by atoms with van der Waals surface area (Å²) in [4.78, 5) is 16.7. The summed E-state index contributed by atoms with van der Waals surface area (Å²) in [6.45, 7) is 6.43. The van der Waals surface area contributed by atoms with Gasteiger partial charge in [0.1, 0.15) is 5.75 Å². The Kier molecular flexibility index (Phi) is 8.42. The highest BCUT2D eigenvalue weighted by molar-refractivity contribution is 7.99. The van der Waals surface area contributed by atoms with Crippen molar-refractivity contribution in [2.24, 2.45) is 0 Å². The minimum atomic E-state index is 0.131. The standard InChI is InChI=1S/C18H29N3O2S/c1-20-10-12-21(13-11-20)9-3-8-19-18(22)15-24-14-16-4-6-17(23-2)7-5-16/h4-7H,3,8-15H2,1-2H3,(H,19,22). The van der Waals surface area contributed by atoms with Crippen molar-refractivity contribution in [1.82, 2.24) is 15.1 Å². The minimum absolute atomic E-state index is 0.131. The third kappa shape index (κ3) is 7.11.